The molecule has 7 heterocycles. The fraction of sp³-hybridized carbons (Fsp3) is 0.246. The summed E-state index contributed by atoms with van der Waals surface area (Å²) in [5.41, 5.74) is 3.39. The van der Waals surface area contributed by atoms with Crippen molar-refractivity contribution in [2.75, 3.05) is 62.3 Å². The molecule has 9 amide bonds. The van der Waals surface area contributed by atoms with Gasteiger partial charge < -0.3 is 80.4 Å². The average Bonchev–Trinajstić information content (AvgIpc) is 1.72. The number of H-pyrrole nitrogens is 1. The Morgan fingerprint density at radius 2 is 1.13 bits per heavy atom. The normalized spacial score (nSPS) is 12.6. The summed E-state index contributed by atoms with van der Waals surface area (Å²) in [7, 11) is 7.90. The van der Waals surface area contributed by atoms with E-state index < -0.39 is 35.4 Å². The molecule has 10 N–H and O–H groups in total. The number of halogens is 1. The van der Waals surface area contributed by atoms with Crippen molar-refractivity contribution in [2.45, 2.75) is 32.1 Å². The topological polar surface area (TPSA) is 365 Å². The van der Waals surface area contributed by atoms with Crippen LogP contribution >= 0.6 is 11.6 Å². The lowest BCUT2D eigenvalue weighted by atomic mass is 9.95. The monoisotopic (exact) mass is 1200 g/mol. The van der Waals surface area contributed by atoms with E-state index in [1.807, 2.05) is 24.3 Å². The van der Waals surface area contributed by atoms with Crippen LogP contribution in [0.5, 0.6) is 5.75 Å². The zero-order valence-corrected chi connectivity index (χ0v) is 48.4. The van der Waals surface area contributed by atoms with Crippen molar-refractivity contribution >= 4 is 127 Å². The van der Waals surface area contributed by atoms with Crippen molar-refractivity contribution in [2.24, 2.45) is 35.2 Å². The summed E-state index contributed by atoms with van der Waals surface area (Å²) in [4.78, 5) is 138. The third-order valence-electron chi connectivity index (χ3n) is 14.1. The minimum absolute atomic E-state index is 0.00887. The second kappa shape index (κ2) is 24.6. The van der Waals surface area contributed by atoms with Gasteiger partial charge in [0.2, 0.25) is 41.0 Å². The molecular weight excluding hydrogens is 1150 g/mol. The number of aromatic nitrogens is 10. The Hall–Kier alpha value is -11.1. The highest BCUT2D eigenvalue weighted by molar-refractivity contribution is 6.19. The number of aromatic hydroxyl groups is 1. The number of hydrogen-bond acceptors (Lipinski definition) is 14. The standard InChI is InChI=1S/C57H58ClN19O10/c1-29(78)61-41-25-75(5)51(66-41)56(86)71-44-28-74(4)49(68-44)54(84)60-17-15-46(81)65-42-26-73(3)48(67-42)53(83)59-16-9-12-45(80)62-33-20-39(72(2)24-33)52(82)70-43-27-76(6)50(69-43)55(85)63-32-13-14-36-30(18-32)19-37(64-36)57(87)77-23-31(22-58)47-35-11-8-7-10-34(35)40(79)21-38(47)77/h7-8,10-11,13-14,18-21,24-28,31,64,79H,9,12,15-17,22-23H2,1-6H3,(H,59,83)(H,60,84)(H,61,78)(H,62,80)(H,63,85)(H,65,81)(H,70,82)(H,71,86). The van der Waals surface area contributed by atoms with Gasteiger partial charge in [0.1, 0.15) is 17.1 Å². The Bertz CT molecular complexity index is 4280. The molecule has 0 saturated carbocycles. The highest BCUT2D eigenvalue weighted by atomic mass is 35.5. The first kappa shape index (κ1) is 59.1. The van der Waals surface area contributed by atoms with Crippen molar-refractivity contribution in [1.82, 2.24) is 58.4 Å². The minimum Gasteiger partial charge on any atom is -0.507 e. The van der Waals surface area contributed by atoms with E-state index in [9.17, 15) is 48.3 Å². The van der Waals surface area contributed by atoms with Gasteiger partial charge in [0, 0.05) is 145 Å². The van der Waals surface area contributed by atoms with Gasteiger partial charge >= 0.3 is 0 Å². The van der Waals surface area contributed by atoms with E-state index in [2.05, 4.69) is 67.5 Å². The Morgan fingerprint density at radius 3 is 1.75 bits per heavy atom. The molecule has 1 aliphatic heterocycles. The van der Waals surface area contributed by atoms with E-state index in [1.54, 1.807) is 76.7 Å². The van der Waals surface area contributed by atoms with Crippen LogP contribution in [-0.4, -0.2) is 132 Å². The van der Waals surface area contributed by atoms with Crippen molar-refractivity contribution < 1.29 is 48.3 Å². The SMILES string of the molecule is CC(=O)Nc1cn(C)c(C(=O)Nc2cn(C)c(C(=O)NCCC(=O)Nc3cn(C)c(C(=O)NCCCC(=O)Nc4cc(C(=O)Nc5cn(C)c(C(=O)Nc6ccc7[nH]c(C(=O)N8CC(CCl)c9c8cc(O)c8ccccc98)cc7c6)n5)n(C)c4)n3)n2)n1. The van der Waals surface area contributed by atoms with Gasteiger partial charge in [-0.1, -0.05) is 24.3 Å². The molecule has 3 aromatic carbocycles. The minimum atomic E-state index is -0.630. The number of fused-ring (bicyclic) bond motifs is 4. The summed E-state index contributed by atoms with van der Waals surface area (Å²) in [6, 6.07) is 17.4. The molecule has 1 atom stereocenters. The van der Waals surface area contributed by atoms with Crippen LogP contribution in [0.1, 0.15) is 101 Å². The molecule has 30 heteroatoms. The molecule has 87 heavy (non-hydrogen) atoms. The van der Waals surface area contributed by atoms with Gasteiger partial charge in [0.25, 0.3) is 35.4 Å². The van der Waals surface area contributed by atoms with Gasteiger partial charge in [-0.3, -0.25) is 43.2 Å². The quantitative estimate of drug-likeness (QED) is 0.0358. The van der Waals surface area contributed by atoms with Crippen LogP contribution in [0, 0.1) is 0 Å². The van der Waals surface area contributed by atoms with Gasteiger partial charge in [-0.25, -0.2) is 19.9 Å². The maximum atomic E-state index is 14.0. The number of aryl methyl sites for hydroxylation is 5. The van der Waals surface area contributed by atoms with Gasteiger partial charge in [-0.05, 0) is 47.7 Å². The lowest BCUT2D eigenvalue weighted by molar-refractivity contribution is -0.117. The molecule has 0 spiro atoms. The summed E-state index contributed by atoms with van der Waals surface area (Å²) in [6.45, 7) is 1.66. The van der Waals surface area contributed by atoms with Crippen LogP contribution in [0.25, 0.3) is 21.7 Å². The lowest BCUT2D eigenvalue weighted by Crippen LogP contribution is -2.30. The average molecular weight is 1200 g/mol. The number of anilines is 7. The zero-order chi connectivity index (χ0) is 62.0. The molecule has 29 nitrogen and oxygen atoms in total. The number of carbonyl (C=O) groups excluding carboxylic acids is 9. The smallest absolute Gasteiger partial charge is 0.292 e. The third kappa shape index (κ3) is 12.9. The Balaban J connectivity index is 0.645. The maximum Gasteiger partial charge on any atom is 0.292 e. The molecule has 1 unspecified atom stereocenters. The number of amides is 9. The molecule has 6 aromatic heterocycles. The van der Waals surface area contributed by atoms with E-state index in [0.717, 1.165) is 10.9 Å². The molecule has 1 aliphatic rings. The zero-order valence-electron chi connectivity index (χ0n) is 47.7. The molecule has 448 valence electrons. The fourth-order valence-corrected chi connectivity index (χ4v) is 10.3. The summed E-state index contributed by atoms with van der Waals surface area (Å²) in [6.07, 6.45) is 7.44. The summed E-state index contributed by atoms with van der Waals surface area (Å²) in [5, 5.41) is 34.3. The van der Waals surface area contributed by atoms with Gasteiger partial charge in [0.15, 0.2) is 23.3 Å². The first-order valence-electron chi connectivity index (χ1n) is 27.0. The number of phenolic OH excluding ortho intramolecular Hbond substituents is 1. The molecule has 0 radical (unpaired) electrons. The summed E-state index contributed by atoms with van der Waals surface area (Å²) >= 11 is 6.41. The number of hydrogen-bond donors (Lipinski definition) is 10. The van der Waals surface area contributed by atoms with Crippen LogP contribution in [-0.2, 0) is 49.6 Å². The largest absolute Gasteiger partial charge is 0.507 e. The van der Waals surface area contributed by atoms with Gasteiger partial charge in [-0.2, -0.15) is 0 Å². The molecule has 0 bridgehead atoms. The van der Waals surface area contributed by atoms with Crippen molar-refractivity contribution in [3.05, 3.63) is 132 Å². The molecule has 10 rings (SSSR count). The highest BCUT2D eigenvalue weighted by Crippen LogP contribution is 2.45. The van der Waals surface area contributed by atoms with Crippen molar-refractivity contribution in [3.63, 3.8) is 0 Å². The summed E-state index contributed by atoms with van der Waals surface area (Å²) in [5.74, 6) is -3.95. The Kier molecular flexibility index (Phi) is 16.7. The Morgan fingerprint density at radius 1 is 0.575 bits per heavy atom. The third-order valence-corrected chi connectivity index (χ3v) is 14.5. The van der Waals surface area contributed by atoms with Crippen LogP contribution in [0.2, 0.25) is 0 Å². The van der Waals surface area contributed by atoms with Crippen LogP contribution in [0.3, 0.4) is 0 Å². The predicted molar refractivity (Wildman–Crippen MR) is 321 cm³/mol. The maximum absolute atomic E-state index is 14.0. The molecular formula is C57H58ClN19O10. The number of benzene rings is 3. The van der Waals surface area contributed by atoms with Crippen molar-refractivity contribution in [3.8, 4) is 5.75 Å². The number of alkyl halides is 1. The van der Waals surface area contributed by atoms with Crippen molar-refractivity contribution in [1.29, 1.82) is 0 Å². The highest BCUT2D eigenvalue weighted by Gasteiger charge is 2.36. The molecule has 0 saturated heterocycles. The summed E-state index contributed by atoms with van der Waals surface area (Å²) < 4.78 is 7.18. The van der Waals surface area contributed by atoms with Crippen LogP contribution in [0.15, 0.2) is 91.6 Å². The van der Waals surface area contributed by atoms with Gasteiger partial charge in [-0.15, -0.1) is 11.6 Å². The predicted octanol–water partition coefficient (Wildman–Crippen LogP) is 4.90. The fourth-order valence-electron chi connectivity index (χ4n) is 10.1. The second-order valence-corrected chi connectivity index (χ2v) is 20.9. The number of imidazole rings is 4. The number of carbonyl (C=O) groups is 9. The molecule has 9 aromatic rings. The van der Waals surface area contributed by atoms with E-state index in [1.165, 1.54) is 60.6 Å². The number of nitrogens with one attached hydrogen (secondary N) is 9. The van der Waals surface area contributed by atoms with E-state index >= 15 is 0 Å². The molecule has 0 fully saturated rings. The number of phenols is 1. The van der Waals surface area contributed by atoms with Crippen LogP contribution in [0.4, 0.5) is 40.3 Å². The van der Waals surface area contributed by atoms with Gasteiger partial charge in [0.05, 0.1) is 11.4 Å². The number of rotatable bonds is 20. The number of nitrogens with zero attached hydrogens (tertiary/aromatic N) is 10. The Labute approximate surface area is 498 Å². The van der Waals surface area contributed by atoms with Crippen LogP contribution < -0.4 is 47.4 Å². The van der Waals surface area contributed by atoms with E-state index in [4.69, 9.17) is 11.6 Å². The first-order chi connectivity index (χ1) is 41.6. The van der Waals surface area contributed by atoms with E-state index in [-0.39, 0.29) is 120 Å². The first-order valence-corrected chi connectivity index (χ1v) is 27.6. The lowest BCUT2D eigenvalue weighted by Gasteiger charge is -2.17. The number of aromatic amines is 1. The second-order valence-electron chi connectivity index (χ2n) is 20.6. The molecule has 0 aliphatic carbocycles. The van der Waals surface area contributed by atoms with E-state index in [0.29, 0.717) is 45.6 Å².